The van der Waals surface area contributed by atoms with Crippen molar-refractivity contribution in [1.82, 2.24) is 0 Å². The number of methoxy groups -OCH3 is 1. The lowest BCUT2D eigenvalue weighted by molar-refractivity contribution is 0.0691. The molecule has 2 aromatic carbocycles. The van der Waals surface area contributed by atoms with E-state index in [2.05, 4.69) is 6.07 Å². The Balaban J connectivity index is 2.24. The minimum absolute atomic E-state index is 0.0174. The summed E-state index contributed by atoms with van der Waals surface area (Å²) in [6.07, 6.45) is 0. The molecular formula is C16H13NO4. The second kappa shape index (κ2) is 6.44. The van der Waals surface area contributed by atoms with Crippen LogP contribution in [0.2, 0.25) is 0 Å². The summed E-state index contributed by atoms with van der Waals surface area (Å²) in [4.78, 5) is 11.2. The van der Waals surface area contributed by atoms with Crippen LogP contribution in [0.5, 0.6) is 11.5 Å². The van der Waals surface area contributed by atoms with E-state index in [0.717, 1.165) is 0 Å². The van der Waals surface area contributed by atoms with Crippen molar-refractivity contribution in [3.05, 3.63) is 59.2 Å². The van der Waals surface area contributed by atoms with Crippen molar-refractivity contribution in [2.75, 3.05) is 7.11 Å². The second-order valence-electron chi connectivity index (χ2n) is 4.22. The number of carboxylic acids is 1. The number of nitrogens with zero attached hydrogens (tertiary/aromatic N) is 1. The number of ether oxygens (including phenoxy) is 2. The summed E-state index contributed by atoms with van der Waals surface area (Å²) < 4.78 is 10.5. The van der Waals surface area contributed by atoms with Crippen molar-refractivity contribution in [1.29, 1.82) is 5.26 Å². The molecule has 0 aliphatic heterocycles. The molecule has 0 saturated heterocycles. The number of aromatic carboxylic acids is 1. The molecule has 0 atom stereocenters. The van der Waals surface area contributed by atoms with Crippen LogP contribution in [0.1, 0.15) is 21.5 Å². The van der Waals surface area contributed by atoms with Gasteiger partial charge in [0.1, 0.15) is 23.7 Å². The molecule has 106 valence electrons. The highest BCUT2D eigenvalue weighted by molar-refractivity contribution is 5.91. The Labute approximate surface area is 122 Å². The summed E-state index contributed by atoms with van der Waals surface area (Å²) in [7, 11) is 1.46. The van der Waals surface area contributed by atoms with E-state index in [1.807, 2.05) is 0 Å². The van der Waals surface area contributed by atoms with Crippen molar-refractivity contribution in [3.8, 4) is 17.6 Å². The van der Waals surface area contributed by atoms with Gasteiger partial charge in [-0.1, -0.05) is 18.2 Å². The molecule has 2 rings (SSSR count). The average Bonchev–Trinajstić information content (AvgIpc) is 2.52. The molecule has 0 spiro atoms. The highest BCUT2D eigenvalue weighted by Crippen LogP contribution is 2.25. The van der Waals surface area contributed by atoms with Crippen LogP contribution in [0.4, 0.5) is 0 Å². The molecule has 0 fully saturated rings. The van der Waals surface area contributed by atoms with Crippen molar-refractivity contribution in [3.63, 3.8) is 0 Å². The summed E-state index contributed by atoms with van der Waals surface area (Å²) in [6.45, 7) is 0.121. The minimum Gasteiger partial charge on any atom is -0.497 e. The van der Waals surface area contributed by atoms with Crippen LogP contribution in [0.25, 0.3) is 0 Å². The standard InChI is InChI=1S/C16H13NO4/c1-20-13-6-7-15(14(8-13)16(18)19)21-10-12-5-3-2-4-11(12)9-17/h2-8H,10H2,1H3,(H,18,19). The molecule has 0 saturated carbocycles. The van der Waals surface area contributed by atoms with Gasteiger partial charge in [0, 0.05) is 5.56 Å². The maximum absolute atomic E-state index is 11.2. The largest absolute Gasteiger partial charge is 0.497 e. The fourth-order valence-electron chi connectivity index (χ4n) is 1.84. The van der Waals surface area contributed by atoms with Crippen molar-refractivity contribution in [2.45, 2.75) is 6.61 Å². The molecule has 5 nitrogen and oxygen atoms in total. The van der Waals surface area contributed by atoms with E-state index in [1.165, 1.54) is 19.2 Å². The first-order chi connectivity index (χ1) is 10.2. The summed E-state index contributed by atoms with van der Waals surface area (Å²) in [5.41, 5.74) is 1.22. The van der Waals surface area contributed by atoms with E-state index in [0.29, 0.717) is 16.9 Å². The highest BCUT2D eigenvalue weighted by atomic mass is 16.5. The van der Waals surface area contributed by atoms with Gasteiger partial charge in [-0.05, 0) is 24.3 Å². The van der Waals surface area contributed by atoms with Crippen LogP contribution in [0, 0.1) is 11.3 Å². The zero-order chi connectivity index (χ0) is 15.2. The van der Waals surface area contributed by atoms with Crippen molar-refractivity contribution >= 4 is 5.97 Å². The van der Waals surface area contributed by atoms with Crippen LogP contribution in [0.3, 0.4) is 0 Å². The first-order valence-corrected chi connectivity index (χ1v) is 6.18. The molecule has 2 aromatic rings. The Morgan fingerprint density at radius 3 is 2.71 bits per heavy atom. The van der Waals surface area contributed by atoms with E-state index in [4.69, 9.17) is 14.7 Å². The van der Waals surface area contributed by atoms with Gasteiger partial charge in [-0.3, -0.25) is 0 Å². The smallest absolute Gasteiger partial charge is 0.339 e. The van der Waals surface area contributed by atoms with E-state index < -0.39 is 5.97 Å². The van der Waals surface area contributed by atoms with E-state index >= 15 is 0 Å². The van der Waals surface area contributed by atoms with Gasteiger partial charge in [-0.2, -0.15) is 5.26 Å². The lowest BCUT2D eigenvalue weighted by Gasteiger charge is -2.11. The third-order valence-electron chi connectivity index (χ3n) is 2.94. The number of benzene rings is 2. The average molecular weight is 283 g/mol. The molecule has 21 heavy (non-hydrogen) atoms. The van der Waals surface area contributed by atoms with Gasteiger partial charge in [0.2, 0.25) is 0 Å². The quantitative estimate of drug-likeness (QED) is 0.912. The Bertz CT molecular complexity index is 704. The highest BCUT2D eigenvalue weighted by Gasteiger charge is 2.13. The van der Waals surface area contributed by atoms with Gasteiger partial charge in [0.15, 0.2) is 0 Å². The Morgan fingerprint density at radius 1 is 1.29 bits per heavy atom. The maximum atomic E-state index is 11.2. The van der Waals surface area contributed by atoms with E-state index in [9.17, 15) is 9.90 Å². The third kappa shape index (κ3) is 3.31. The monoisotopic (exact) mass is 283 g/mol. The molecule has 5 heteroatoms. The Hall–Kier alpha value is -3.00. The number of carboxylic acid groups (broad SMARTS) is 1. The first kappa shape index (κ1) is 14.4. The Morgan fingerprint density at radius 2 is 2.05 bits per heavy atom. The SMILES string of the molecule is COc1ccc(OCc2ccccc2C#N)c(C(=O)O)c1. The van der Waals surface area contributed by atoms with Gasteiger partial charge >= 0.3 is 5.97 Å². The van der Waals surface area contributed by atoms with Gasteiger partial charge in [-0.15, -0.1) is 0 Å². The summed E-state index contributed by atoms with van der Waals surface area (Å²) in [6, 6.07) is 13.6. The van der Waals surface area contributed by atoms with Crippen LogP contribution in [0.15, 0.2) is 42.5 Å². The number of nitriles is 1. The number of carbonyl (C=O) groups is 1. The molecule has 0 heterocycles. The van der Waals surface area contributed by atoms with E-state index in [1.54, 1.807) is 30.3 Å². The number of hydrogen-bond donors (Lipinski definition) is 1. The molecule has 0 aliphatic rings. The van der Waals surface area contributed by atoms with Gasteiger partial charge in [0.05, 0.1) is 18.7 Å². The Kier molecular flexibility index (Phi) is 4.42. The maximum Gasteiger partial charge on any atom is 0.339 e. The topological polar surface area (TPSA) is 79.5 Å². The molecule has 1 N–H and O–H groups in total. The van der Waals surface area contributed by atoms with Gasteiger partial charge in [-0.25, -0.2) is 4.79 Å². The van der Waals surface area contributed by atoms with Crippen LogP contribution >= 0.6 is 0 Å². The predicted octanol–water partition coefficient (Wildman–Crippen LogP) is 2.84. The number of rotatable bonds is 5. The molecule has 0 unspecified atom stereocenters. The minimum atomic E-state index is -1.10. The van der Waals surface area contributed by atoms with Crippen molar-refractivity contribution < 1.29 is 19.4 Å². The fourth-order valence-corrected chi connectivity index (χ4v) is 1.84. The van der Waals surface area contributed by atoms with Crippen LogP contribution in [-0.2, 0) is 6.61 Å². The van der Waals surface area contributed by atoms with Crippen molar-refractivity contribution in [2.24, 2.45) is 0 Å². The molecule has 0 aromatic heterocycles. The third-order valence-corrected chi connectivity index (χ3v) is 2.94. The summed E-state index contributed by atoms with van der Waals surface area (Å²) in [5, 5.41) is 18.2. The molecule has 0 radical (unpaired) electrons. The van der Waals surface area contributed by atoms with Crippen LogP contribution in [-0.4, -0.2) is 18.2 Å². The first-order valence-electron chi connectivity index (χ1n) is 6.18. The summed E-state index contributed by atoms with van der Waals surface area (Å²) >= 11 is 0. The summed E-state index contributed by atoms with van der Waals surface area (Å²) in [5.74, 6) is -0.425. The molecule has 0 aliphatic carbocycles. The second-order valence-corrected chi connectivity index (χ2v) is 4.22. The van der Waals surface area contributed by atoms with E-state index in [-0.39, 0.29) is 17.9 Å². The zero-order valence-electron chi connectivity index (χ0n) is 11.4. The van der Waals surface area contributed by atoms with Crippen LogP contribution < -0.4 is 9.47 Å². The molecule has 0 amide bonds. The predicted molar refractivity (Wildman–Crippen MR) is 75.4 cm³/mol. The normalized spacial score (nSPS) is 9.71. The fraction of sp³-hybridized carbons (Fsp3) is 0.125. The lowest BCUT2D eigenvalue weighted by Crippen LogP contribution is -2.04. The molecular weight excluding hydrogens is 270 g/mol. The van der Waals surface area contributed by atoms with Gasteiger partial charge < -0.3 is 14.6 Å². The molecule has 0 bridgehead atoms. The number of hydrogen-bond acceptors (Lipinski definition) is 4. The van der Waals surface area contributed by atoms with Gasteiger partial charge in [0.25, 0.3) is 0 Å². The lowest BCUT2D eigenvalue weighted by atomic mass is 10.1. The zero-order valence-corrected chi connectivity index (χ0v) is 11.4.